The van der Waals surface area contributed by atoms with Gasteiger partial charge in [0.05, 0.1) is 11.1 Å². The molecule has 1 unspecified atom stereocenters. The lowest BCUT2D eigenvalue weighted by molar-refractivity contribution is -0.144. The van der Waals surface area contributed by atoms with Crippen molar-refractivity contribution in [1.82, 2.24) is 15.4 Å². The number of hydrogen-bond donors (Lipinski definition) is 1. The first-order valence-corrected chi connectivity index (χ1v) is 11.3. The fourth-order valence-corrected chi connectivity index (χ4v) is 3.56. The monoisotopic (exact) mass is 487 g/mol. The molecule has 0 bridgehead atoms. The van der Waals surface area contributed by atoms with Crippen molar-refractivity contribution in [2.45, 2.75) is 39.3 Å². The number of esters is 1. The zero-order valence-corrected chi connectivity index (χ0v) is 20.1. The van der Waals surface area contributed by atoms with E-state index in [0.717, 1.165) is 11.1 Å². The lowest BCUT2D eigenvalue weighted by Gasteiger charge is -2.27. The number of aryl methyl sites for hydroxylation is 1. The van der Waals surface area contributed by atoms with Gasteiger partial charge >= 0.3 is 12.0 Å². The maximum atomic E-state index is 13.6. The molecule has 0 aliphatic heterocycles. The van der Waals surface area contributed by atoms with E-state index in [4.69, 9.17) is 20.9 Å². The maximum absolute atomic E-state index is 13.6. The van der Waals surface area contributed by atoms with Crippen molar-refractivity contribution in [3.05, 3.63) is 76.3 Å². The van der Waals surface area contributed by atoms with Gasteiger partial charge in [0, 0.05) is 25.2 Å². The topological polar surface area (TPSA) is 84.7 Å². The number of hydrogen-bond acceptors (Lipinski definition) is 5. The lowest BCUT2D eigenvalue weighted by atomic mass is 10.1. The Kier molecular flexibility index (Phi) is 8.65. The highest BCUT2D eigenvalue weighted by molar-refractivity contribution is 6.31. The molecule has 1 N–H and O–H groups in total. The Balaban J connectivity index is 1.49. The predicted molar refractivity (Wildman–Crippen MR) is 127 cm³/mol. The largest absolute Gasteiger partial charge is 0.463 e. The van der Waals surface area contributed by atoms with Gasteiger partial charge in [0.1, 0.15) is 30.3 Å². The zero-order chi connectivity index (χ0) is 24.7. The fourth-order valence-electron chi connectivity index (χ4n) is 3.37. The second kappa shape index (κ2) is 11.7. The first kappa shape index (κ1) is 25.2. The summed E-state index contributed by atoms with van der Waals surface area (Å²) in [6.07, 6.45) is 0.501. The first-order valence-electron chi connectivity index (χ1n) is 10.9. The Morgan fingerprint density at radius 3 is 2.74 bits per heavy atom. The molecule has 3 aromatic rings. The molecule has 1 aromatic heterocycles. The molecule has 0 aliphatic carbocycles. The molecule has 0 saturated carbocycles. The molecule has 3 rings (SSSR count). The first-order chi connectivity index (χ1) is 16.3. The third kappa shape index (κ3) is 6.57. The average Bonchev–Trinajstić information content (AvgIpc) is 3.28. The molecular formula is C25H27ClFN3O4. The second-order valence-electron chi connectivity index (χ2n) is 7.95. The summed E-state index contributed by atoms with van der Waals surface area (Å²) in [5.74, 6) is -0.628. The number of carbonyl (C=O) groups is 2. The van der Waals surface area contributed by atoms with E-state index in [1.54, 1.807) is 19.2 Å². The van der Waals surface area contributed by atoms with Gasteiger partial charge in [-0.3, -0.25) is 4.79 Å². The van der Waals surface area contributed by atoms with E-state index in [9.17, 15) is 14.0 Å². The zero-order valence-electron chi connectivity index (χ0n) is 19.3. The smallest absolute Gasteiger partial charge is 0.317 e. The molecule has 34 heavy (non-hydrogen) atoms. The number of nitrogens with zero attached hydrogens (tertiary/aromatic N) is 2. The van der Waals surface area contributed by atoms with Crippen LogP contribution in [0.25, 0.3) is 11.3 Å². The van der Waals surface area contributed by atoms with Crippen LogP contribution in [0.3, 0.4) is 0 Å². The molecule has 0 fully saturated rings. The van der Waals surface area contributed by atoms with Gasteiger partial charge in [-0.15, -0.1) is 0 Å². The molecule has 9 heteroatoms. The number of likely N-dealkylation sites (N-methyl/N-ethyl adjacent to an activating group) is 1. The number of ether oxygens (including phenoxy) is 1. The minimum absolute atomic E-state index is 0.0237. The highest BCUT2D eigenvalue weighted by Gasteiger charge is 2.21. The number of aromatic nitrogens is 1. The van der Waals surface area contributed by atoms with Gasteiger partial charge in [0.25, 0.3) is 0 Å². The minimum atomic E-state index is -0.544. The van der Waals surface area contributed by atoms with Gasteiger partial charge in [-0.2, -0.15) is 0 Å². The van der Waals surface area contributed by atoms with Crippen LogP contribution < -0.4 is 5.32 Å². The van der Waals surface area contributed by atoms with E-state index in [0.29, 0.717) is 23.4 Å². The Labute approximate surface area is 202 Å². The van der Waals surface area contributed by atoms with E-state index < -0.39 is 11.8 Å². The van der Waals surface area contributed by atoms with Crippen molar-refractivity contribution in [2.75, 3.05) is 13.7 Å². The molecule has 1 heterocycles. The number of halogens is 2. The Morgan fingerprint density at radius 2 is 2.00 bits per heavy atom. The van der Waals surface area contributed by atoms with Gasteiger partial charge in [0.2, 0.25) is 0 Å². The van der Waals surface area contributed by atoms with Crippen LogP contribution in [0.5, 0.6) is 0 Å². The molecule has 1 atom stereocenters. The Morgan fingerprint density at radius 1 is 1.24 bits per heavy atom. The number of carbonyl (C=O) groups excluding carboxylic acids is 2. The van der Waals surface area contributed by atoms with Crippen LogP contribution in [0, 0.1) is 12.7 Å². The quantitative estimate of drug-likeness (QED) is 0.422. The minimum Gasteiger partial charge on any atom is -0.463 e. The van der Waals surface area contributed by atoms with Crippen LogP contribution in [0.4, 0.5) is 9.18 Å². The highest BCUT2D eigenvalue weighted by Crippen LogP contribution is 2.21. The Bertz CT molecular complexity index is 1150. The summed E-state index contributed by atoms with van der Waals surface area (Å²) in [6, 6.07) is 13.2. The third-order valence-corrected chi connectivity index (χ3v) is 5.85. The molecule has 2 aromatic carbocycles. The van der Waals surface area contributed by atoms with Crippen molar-refractivity contribution >= 4 is 23.6 Å². The van der Waals surface area contributed by atoms with Gasteiger partial charge in [0.15, 0.2) is 0 Å². The van der Waals surface area contributed by atoms with E-state index in [-0.39, 0.29) is 36.7 Å². The van der Waals surface area contributed by atoms with Gasteiger partial charge in [-0.05, 0) is 31.0 Å². The SMILES string of the molecule is CCC(COC(=O)Cc1cc(-c2cccc(C)c2)no1)N(C)C(=O)NCc1cccc(F)c1Cl. The van der Waals surface area contributed by atoms with E-state index in [2.05, 4.69) is 10.5 Å². The van der Waals surface area contributed by atoms with Crippen LogP contribution in [-0.2, 0) is 22.5 Å². The fraction of sp³-hybridized carbons (Fsp3) is 0.320. The molecule has 2 amide bonds. The summed E-state index contributed by atoms with van der Waals surface area (Å²) in [5, 5.41) is 6.70. The van der Waals surface area contributed by atoms with Crippen LogP contribution in [0.1, 0.15) is 30.2 Å². The van der Waals surface area contributed by atoms with E-state index in [1.807, 2.05) is 38.1 Å². The number of rotatable bonds is 9. The van der Waals surface area contributed by atoms with Crippen molar-refractivity contribution in [3.8, 4) is 11.3 Å². The van der Waals surface area contributed by atoms with Gasteiger partial charge < -0.3 is 19.5 Å². The molecular weight excluding hydrogens is 461 g/mol. The number of urea groups is 1. The average molecular weight is 488 g/mol. The van der Waals surface area contributed by atoms with Crippen LogP contribution in [-0.4, -0.2) is 41.8 Å². The molecule has 180 valence electrons. The molecule has 0 radical (unpaired) electrons. The van der Waals surface area contributed by atoms with Crippen molar-refractivity contribution in [1.29, 1.82) is 0 Å². The number of nitrogens with one attached hydrogen (secondary N) is 1. The van der Waals surface area contributed by atoms with Crippen LogP contribution in [0.2, 0.25) is 5.02 Å². The summed E-state index contributed by atoms with van der Waals surface area (Å²) in [6.45, 7) is 3.97. The van der Waals surface area contributed by atoms with E-state index >= 15 is 0 Å². The Hall–Kier alpha value is -3.39. The summed E-state index contributed by atoms with van der Waals surface area (Å²) < 4.78 is 24.2. The van der Waals surface area contributed by atoms with Gasteiger partial charge in [-0.1, -0.05) is 59.6 Å². The molecule has 0 spiro atoms. The molecule has 0 saturated heterocycles. The second-order valence-corrected chi connectivity index (χ2v) is 8.33. The van der Waals surface area contributed by atoms with Crippen molar-refractivity contribution < 1.29 is 23.2 Å². The van der Waals surface area contributed by atoms with Crippen molar-refractivity contribution in [3.63, 3.8) is 0 Å². The summed E-state index contributed by atoms with van der Waals surface area (Å²) in [5.41, 5.74) is 3.12. The normalized spacial score (nSPS) is 11.7. The third-order valence-electron chi connectivity index (χ3n) is 5.43. The predicted octanol–water partition coefficient (Wildman–Crippen LogP) is 5.15. The molecule has 0 aliphatic rings. The number of amides is 2. The van der Waals surface area contributed by atoms with Crippen LogP contribution in [0.15, 0.2) is 53.1 Å². The molecule has 7 nitrogen and oxygen atoms in total. The van der Waals surface area contributed by atoms with Crippen LogP contribution >= 0.6 is 11.6 Å². The summed E-state index contributed by atoms with van der Waals surface area (Å²) in [4.78, 5) is 26.3. The van der Waals surface area contributed by atoms with E-state index in [1.165, 1.54) is 17.0 Å². The van der Waals surface area contributed by atoms with Gasteiger partial charge in [-0.25, -0.2) is 9.18 Å². The summed E-state index contributed by atoms with van der Waals surface area (Å²) >= 11 is 5.93. The standard InChI is InChI=1S/C25H27ClFN3O4/c1-4-19(30(3)25(32)28-14-18-9-6-10-21(27)24(18)26)15-33-23(31)13-20-12-22(29-34-20)17-8-5-7-16(2)11-17/h5-12,19H,4,13-15H2,1-3H3,(H,28,32). The lowest BCUT2D eigenvalue weighted by Crippen LogP contribution is -2.45. The van der Waals surface area contributed by atoms with Crippen molar-refractivity contribution in [2.24, 2.45) is 0 Å². The number of benzene rings is 2. The highest BCUT2D eigenvalue weighted by atomic mass is 35.5. The maximum Gasteiger partial charge on any atom is 0.317 e. The summed E-state index contributed by atoms with van der Waals surface area (Å²) in [7, 11) is 1.61.